The van der Waals surface area contributed by atoms with E-state index in [0.29, 0.717) is 19.5 Å². The SMILES string of the molecule is CCC(=O)N(CC(=O)N(Cc1ccc(F)cc1)Cc1sccc1C)C(C)C. The van der Waals surface area contributed by atoms with Crippen LogP contribution >= 0.6 is 11.3 Å². The third kappa shape index (κ3) is 5.89. The van der Waals surface area contributed by atoms with Crippen molar-refractivity contribution in [3.63, 3.8) is 0 Å². The Morgan fingerprint density at radius 2 is 1.74 bits per heavy atom. The van der Waals surface area contributed by atoms with Gasteiger partial charge < -0.3 is 9.80 Å². The van der Waals surface area contributed by atoms with Crippen LogP contribution in [0.2, 0.25) is 0 Å². The maximum atomic E-state index is 13.2. The zero-order chi connectivity index (χ0) is 20.0. The minimum Gasteiger partial charge on any atom is -0.332 e. The molecular weight excluding hydrogens is 363 g/mol. The Labute approximate surface area is 164 Å². The van der Waals surface area contributed by atoms with Crippen LogP contribution in [-0.2, 0) is 22.7 Å². The fourth-order valence-corrected chi connectivity index (χ4v) is 3.71. The Hall–Kier alpha value is -2.21. The standard InChI is InChI=1S/C21H27FN2O2S/c1-5-20(25)24(15(2)3)14-21(26)23(13-19-16(4)10-11-27-19)12-17-6-8-18(22)9-7-17/h6-11,15H,5,12-14H2,1-4H3. The van der Waals surface area contributed by atoms with Crippen LogP contribution in [-0.4, -0.2) is 34.2 Å². The third-order valence-electron chi connectivity index (χ3n) is 4.49. The van der Waals surface area contributed by atoms with E-state index < -0.39 is 0 Å². The van der Waals surface area contributed by atoms with E-state index in [1.165, 1.54) is 12.1 Å². The Morgan fingerprint density at radius 3 is 2.26 bits per heavy atom. The van der Waals surface area contributed by atoms with E-state index >= 15 is 0 Å². The summed E-state index contributed by atoms with van der Waals surface area (Å²) in [4.78, 5) is 29.7. The molecule has 2 aromatic rings. The maximum absolute atomic E-state index is 13.2. The maximum Gasteiger partial charge on any atom is 0.242 e. The van der Waals surface area contributed by atoms with Crippen LogP contribution in [0.1, 0.15) is 43.2 Å². The van der Waals surface area contributed by atoms with E-state index in [2.05, 4.69) is 0 Å². The predicted molar refractivity (Wildman–Crippen MR) is 107 cm³/mol. The lowest BCUT2D eigenvalue weighted by Crippen LogP contribution is -2.45. The van der Waals surface area contributed by atoms with Crippen LogP contribution in [0.5, 0.6) is 0 Å². The fourth-order valence-electron chi connectivity index (χ4n) is 2.79. The Kier molecular flexibility index (Phi) is 7.54. The normalized spacial score (nSPS) is 10.9. The molecule has 0 N–H and O–H groups in total. The summed E-state index contributed by atoms with van der Waals surface area (Å²) in [6.07, 6.45) is 0.369. The number of thiophene rings is 1. The summed E-state index contributed by atoms with van der Waals surface area (Å²) in [5.41, 5.74) is 2.00. The number of benzene rings is 1. The monoisotopic (exact) mass is 390 g/mol. The molecule has 0 aliphatic carbocycles. The van der Waals surface area contributed by atoms with Crippen molar-refractivity contribution in [1.82, 2.24) is 9.80 Å². The van der Waals surface area contributed by atoms with Crippen molar-refractivity contribution >= 4 is 23.2 Å². The van der Waals surface area contributed by atoms with Crippen molar-refractivity contribution in [1.29, 1.82) is 0 Å². The number of rotatable bonds is 8. The number of amides is 2. The summed E-state index contributed by atoms with van der Waals surface area (Å²) < 4.78 is 13.2. The van der Waals surface area contributed by atoms with Gasteiger partial charge >= 0.3 is 0 Å². The van der Waals surface area contributed by atoms with Gasteiger partial charge in [-0.2, -0.15) is 0 Å². The minimum absolute atomic E-state index is 0.0348. The molecule has 0 spiro atoms. The van der Waals surface area contributed by atoms with Gasteiger partial charge in [0, 0.05) is 23.9 Å². The Balaban J connectivity index is 2.21. The summed E-state index contributed by atoms with van der Waals surface area (Å²) in [5.74, 6) is -0.444. The van der Waals surface area contributed by atoms with Crippen molar-refractivity contribution in [3.8, 4) is 0 Å². The first-order chi connectivity index (χ1) is 12.8. The molecule has 146 valence electrons. The van der Waals surface area contributed by atoms with Gasteiger partial charge in [0.15, 0.2) is 0 Å². The molecule has 0 unspecified atom stereocenters. The van der Waals surface area contributed by atoms with E-state index in [4.69, 9.17) is 0 Å². The van der Waals surface area contributed by atoms with Gasteiger partial charge in [0.2, 0.25) is 11.8 Å². The minimum atomic E-state index is -0.301. The van der Waals surface area contributed by atoms with Gasteiger partial charge in [-0.05, 0) is 55.5 Å². The highest BCUT2D eigenvalue weighted by Gasteiger charge is 2.23. The molecule has 2 amide bonds. The van der Waals surface area contributed by atoms with Crippen molar-refractivity contribution in [3.05, 3.63) is 57.5 Å². The smallest absolute Gasteiger partial charge is 0.242 e. The van der Waals surface area contributed by atoms with Crippen molar-refractivity contribution < 1.29 is 14.0 Å². The molecule has 6 heteroatoms. The van der Waals surface area contributed by atoms with E-state index in [9.17, 15) is 14.0 Å². The molecule has 0 fully saturated rings. The van der Waals surface area contributed by atoms with Crippen LogP contribution in [0.3, 0.4) is 0 Å². The van der Waals surface area contributed by atoms with Crippen LogP contribution in [0.25, 0.3) is 0 Å². The average molecular weight is 391 g/mol. The van der Waals surface area contributed by atoms with E-state index in [0.717, 1.165) is 16.0 Å². The first-order valence-corrected chi connectivity index (χ1v) is 10.0. The summed E-state index contributed by atoms with van der Waals surface area (Å²) in [6, 6.07) is 8.16. The molecule has 2 rings (SSSR count). The molecule has 1 heterocycles. The fraction of sp³-hybridized carbons (Fsp3) is 0.429. The second-order valence-electron chi connectivity index (χ2n) is 6.87. The molecule has 4 nitrogen and oxygen atoms in total. The van der Waals surface area contributed by atoms with E-state index in [1.54, 1.807) is 40.2 Å². The summed E-state index contributed by atoms with van der Waals surface area (Å²) in [5, 5.41) is 2.01. The number of nitrogens with zero attached hydrogens (tertiary/aromatic N) is 2. The number of carbonyl (C=O) groups is 2. The van der Waals surface area contributed by atoms with Gasteiger partial charge in [-0.15, -0.1) is 11.3 Å². The average Bonchev–Trinajstić information content (AvgIpc) is 3.04. The summed E-state index contributed by atoms with van der Waals surface area (Å²) in [7, 11) is 0. The lowest BCUT2D eigenvalue weighted by atomic mass is 10.2. The molecular formula is C21H27FN2O2S. The second-order valence-corrected chi connectivity index (χ2v) is 7.87. The Bertz CT molecular complexity index is 771. The van der Waals surface area contributed by atoms with Crippen molar-refractivity contribution in [2.75, 3.05) is 6.54 Å². The number of hydrogen-bond acceptors (Lipinski definition) is 3. The van der Waals surface area contributed by atoms with Crippen molar-refractivity contribution in [2.45, 2.75) is 53.2 Å². The first-order valence-electron chi connectivity index (χ1n) is 9.16. The van der Waals surface area contributed by atoms with Gasteiger partial charge in [0.25, 0.3) is 0 Å². The molecule has 0 aliphatic rings. The lowest BCUT2D eigenvalue weighted by Gasteiger charge is -2.30. The van der Waals surface area contributed by atoms with Gasteiger partial charge in [0.1, 0.15) is 5.82 Å². The number of halogens is 1. The molecule has 0 aliphatic heterocycles. The van der Waals surface area contributed by atoms with Crippen LogP contribution < -0.4 is 0 Å². The zero-order valence-electron chi connectivity index (χ0n) is 16.4. The second kappa shape index (κ2) is 9.65. The molecule has 0 bridgehead atoms. The van der Waals surface area contributed by atoms with Gasteiger partial charge in [0.05, 0.1) is 13.1 Å². The van der Waals surface area contributed by atoms with Crippen LogP contribution in [0.15, 0.2) is 35.7 Å². The highest BCUT2D eigenvalue weighted by atomic mass is 32.1. The lowest BCUT2D eigenvalue weighted by molar-refractivity contribution is -0.142. The highest BCUT2D eigenvalue weighted by molar-refractivity contribution is 7.10. The molecule has 1 aromatic carbocycles. The van der Waals surface area contributed by atoms with E-state index in [1.807, 2.05) is 32.2 Å². The number of aryl methyl sites for hydroxylation is 1. The van der Waals surface area contributed by atoms with Gasteiger partial charge in [-0.25, -0.2) is 4.39 Å². The Morgan fingerprint density at radius 1 is 1.07 bits per heavy atom. The van der Waals surface area contributed by atoms with Crippen molar-refractivity contribution in [2.24, 2.45) is 0 Å². The third-order valence-corrected chi connectivity index (χ3v) is 5.50. The number of hydrogen-bond donors (Lipinski definition) is 0. The predicted octanol–water partition coefficient (Wildman–Crippen LogP) is 4.37. The highest BCUT2D eigenvalue weighted by Crippen LogP contribution is 2.20. The zero-order valence-corrected chi connectivity index (χ0v) is 17.2. The van der Waals surface area contributed by atoms with Gasteiger partial charge in [-0.1, -0.05) is 19.1 Å². The van der Waals surface area contributed by atoms with Gasteiger partial charge in [-0.3, -0.25) is 9.59 Å². The summed E-state index contributed by atoms with van der Waals surface area (Å²) in [6.45, 7) is 8.55. The quantitative estimate of drug-likeness (QED) is 0.671. The largest absolute Gasteiger partial charge is 0.332 e. The van der Waals surface area contributed by atoms with Crippen LogP contribution in [0, 0.1) is 12.7 Å². The summed E-state index contributed by atoms with van der Waals surface area (Å²) >= 11 is 1.61. The molecule has 1 aromatic heterocycles. The van der Waals surface area contributed by atoms with E-state index in [-0.39, 0.29) is 30.2 Å². The molecule has 0 saturated heterocycles. The number of carbonyl (C=O) groups excluding carboxylic acids is 2. The molecule has 0 atom stereocenters. The topological polar surface area (TPSA) is 40.6 Å². The molecule has 0 saturated carbocycles. The first kappa shape index (κ1) is 21.1. The molecule has 27 heavy (non-hydrogen) atoms. The van der Waals surface area contributed by atoms with Crippen LogP contribution in [0.4, 0.5) is 4.39 Å². The molecule has 0 radical (unpaired) electrons.